The summed E-state index contributed by atoms with van der Waals surface area (Å²) < 4.78 is 32.9. The Hall–Kier alpha value is -3.01. The fourth-order valence-electron chi connectivity index (χ4n) is 4.99. The van der Waals surface area contributed by atoms with Gasteiger partial charge in [-0.2, -0.15) is 5.26 Å². The van der Waals surface area contributed by atoms with Gasteiger partial charge in [0, 0.05) is 25.0 Å². The van der Waals surface area contributed by atoms with E-state index in [1.165, 1.54) is 11.0 Å². The number of hydrogen-bond acceptors (Lipinski definition) is 7. The van der Waals surface area contributed by atoms with Crippen molar-refractivity contribution in [3.63, 3.8) is 0 Å². The van der Waals surface area contributed by atoms with E-state index >= 15 is 0 Å². The van der Waals surface area contributed by atoms with Crippen LogP contribution >= 0.6 is 0 Å². The third-order valence-corrected chi connectivity index (χ3v) is 7.30. The predicted molar refractivity (Wildman–Crippen MR) is 137 cm³/mol. The number of rotatable bonds is 9. The summed E-state index contributed by atoms with van der Waals surface area (Å²) in [4.78, 5) is 28.9. The number of alkyl carbamates (subject to hydrolysis) is 1. The first-order chi connectivity index (χ1) is 17.8. The van der Waals surface area contributed by atoms with E-state index in [9.17, 15) is 33.7 Å². The molecule has 38 heavy (non-hydrogen) atoms. The van der Waals surface area contributed by atoms with Crippen LogP contribution in [0.4, 0.5) is 13.6 Å². The maximum Gasteiger partial charge on any atom is 0.475 e. The van der Waals surface area contributed by atoms with Gasteiger partial charge in [0.05, 0.1) is 18.0 Å². The topological polar surface area (TPSA) is 126 Å². The average molecular weight is 532 g/mol. The smallest absolute Gasteiger partial charge is 0.447 e. The van der Waals surface area contributed by atoms with Crippen LogP contribution in [0.5, 0.6) is 0 Å². The van der Waals surface area contributed by atoms with Crippen molar-refractivity contribution in [1.82, 2.24) is 15.1 Å². The zero-order valence-electron chi connectivity index (χ0n) is 22.0. The number of nitrogens with one attached hydrogen (secondary N) is 1. The van der Waals surface area contributed by atoms with Crippen molar-refractivity contribution in [2.24, 2.45) is 0 Å². The van der Waals surface area contributed by atoms with Gasteiger partial charge in [-0.3, -0.25) is 9.69 Å². The van der Waals surface area contributed by atoms with E-state index in [2.05, 4.69) is 5.32 Å². The summed E-state index contributed by atoms with van der Waals surface area (Å²) >= 11 is 0. The van der Waals surface area contributed by atoms with Crippen LogP contribution in [-0.2, 0) is 16.0 Å². The summed E-state index contributed by atoms with van der Waals surface area (Å²) in [5.41, 5.74) is -1.20. The lowest BCUT2D eigenvalue weighted by Gasteiger charge is -2.36. The van der Waals surface area contributed by atoms with Gasteiger partial charge in [-0.15, -0.1) is 0 Å². The van der Waals surface area contributed by atoms with Gasteiger partial charge in [-0.1, -0.05) is 30.3 Å². The van der Waals surface area contributed by atoms with Crippen LogP contribution in [0.2, 0.25) is 0 Å². The minimum absolute atomic E-state index is 0.154. The number of halogens is 2. The van der Waals surface area contributed by atoms with Crippen LogP contribution in [0.1, 0.15) is 45.6 Å². The second-order valence-corrected chi connectivity index (χ2v) is 10.8. The molecule has 3 N–H and O–H groups in total. The predicted octanol–water partition coefficient (Wildman–Crippen LogP) is 2.29. The maximum absolute atomic E-state index is 13.8. The Kier molecular flexibility index (Phi) is 9.18. The van der Waals surface area contributed by atoms with Crippen molar-refractivity contribution >= 4 is 19.1 Å². The van der Waals surface area contributed by atoms with Crippen molar-refractivity contribution < 1.29 is 33.2 Å². The zero-order valence-corrected chi connectivity index (χ0v) is 22.0. The molecule has 0 bridgehead atoms. The fourth-order valence-corrected chi connectivity index (χ4v) is 4.99. The van der Waals surface area contributed by atoms with Crippen LogP contribution in [-0.4, -0.2) is 88.1 Å². The number of amides is 2. The lowest BCUT2D eigenvalue weighted by atomic mass is 9.76. The SMILES string of the molecule is CC(C)(C=C(C#N)C(=O)N1CCCC1(C)COC(=O)N[C@@H](Cc1ccccc1)B(O)O)N1CCC(F)(F)C1. The van der Waals surface area contributed by atoms with Crippen LogP contribution in [0, 0.1) is 11.3 Å². The molecular formula is C26H35BF2N4O5. The summed E-state index contributed by atoms with van der Waals surface area (Å²) in [6, 6.07) is 10.9. The highest BCUT2D eigenvalue weighted by molar-refractivity contribution is 6.43. The van der Waals surface area contributed by atoms with Crippen molar-refractivity contribution in [2.45, 2.75) is 69.4 Å². The Labute approximate surface area is 222 Å². The molecule has 2 heterocycles. The second kappa shape index (κ2) is 11.8. The highest BCUT2D eigenvalue weighted by Crippen LogP contribution is 2.34. The molecule has 0 spiro atoms. The zero-order chi connectivity index (χ0) is 28.1. The fraction of sp³-hybridized carbons (Fsp3) is 0.577. The van der Waals surface area contributed by atoms with E-state index in [0.717, 1.165) is 5.56 Å². The van der Waals surface area contributed by atoms with Gasteiger partial charge >= 0.3 is 13.2 Å². The molecule has 2 atom stereocenters. The Morgan fingerprint density at radius 2 is 1.95 bits per heavy atom. The van der Waals surface area contributed by atoms with Gasteiger partial charge in [0.25, 0.3) is 11.8 Å². The summed E-state index contributed by atoms with van der Waals surface area (Å²) in [5, 5.41) is 31.6. The number of alkyl halides is 2. The third kappa shape index (κ3) is 7.31. The first kappa shape index (κ1) is 29.5. The first-order valence-corrected chi connectivity index (χ1v) is 12.7. The van der Waals surface area contributed by atoms with E-state index in [1.807, 2.05) is 12.1 Å². The molecular weight excluding hydrogens is 497 g/mol. The van der Waals surface area contributed by atoms with E-state index in [1.54, 1.807) is 49.9 Å². The highest BCUT2D eigenvalue weighted by atomic mass is 19.3. The number of likely N-dealkylation sites (tertiary alicyclic amines) is 2. The molecule has 2 aliphatic heterocycles. The highest BCUT2D eigenvalue weighted by Gasteiger charge is 2.45. The second-order valence-electron chi connectivity index (χ2n) is 10.8. The molecule has 2 amide bonds. The number of carbonyl (C=O) groups is 2. The Balaban J connectivity index is 1.65. The van der Waals surface area contributed by atoms with Crippen molar-refractivity contribution in [1.29, 1.82) is 5.26 Å². The van der Waals surface area contributed by atoms with Crippen LogP contribution in [0.15, 0.2) is 42.0 Å². The van der Waals surface area contributed by atoms with Gasteiger partial charge in [0.1, 0.15) is 18.2 Å². The Bertz CT molecular complexity index is 1080. The molecule has 1 unspecified atom stereocenters. The largest absolute Gasteiger partial charge is 0.475 e. The molecule has 2 saturated heterocycles. The quantitative estimate of drug-likeness (QED) is 0.253. The number of hydrogen-bond donors (Lipinski definition) is 3. The average Bonchev–Trinajstić information content (AvgIpc) is 3.43. The molecule has 0 saturated carbocycles. The monoisotopic (exact) mass is 532 g/mol. The van der Waals surface area contributed by atoms with Crippen molar-refractivity contribution in [2.75, 3.05) is 26.2 Å². The first-order valence-electron chi connectivity index (χ1n) is 12.7. The number of nitrogens with zero attached hydrogens (tertiary/aromatic N) is 3. The van der Waals surface area contributed by atoms with Gasteiger partial charge in [-0.25, -0.2) is 13.6 Å². The van der Waals surface area contributed by atoms with Crippen LogP contribution in [0.3, 0.4) is 0 Å². The number of carbonyl (C=O) groups excluding carboxylic acids is 2. The molecule has 0 aromatic heterocycles. The molecule has 9 nitrogen and oxygen atoms in total. The Morgan fingerprint density at radius 3 is 2.53 bits per heavy atom. The summed E-state index contributed by atoms with van der Waals surface area (Å²) in [6.45, 7) is 5.00. The van der Waals surface area contributed by atoms with Gasteiger partial charge in [0.15, 0.2) is 0 Å². The maximum atomic E-state index is 13.8. The van der Waals surface area contributed by atoms with Gasteiger partial charge in [0.2, 0.25) is 0 Å². The minimum atomic E-state index is -2.81. The molecule has 206 valence electrons. The Morgan fingerprint density at radius 1 is 1.26 bits per heavy atom. The number of nitriles is 1. The summed E-state index contributed by atoms with van der Waals surface area (Å²) in [5.74, 6) is -4.37. The van der Waals surface area contributed by atoms with E-state index in [4.69, 9.17) is 4.74 Å². The van der Waals surface area contributed by atoms with E-state index in [0.29, 0.717) is 19.4 Å². The van der Waals surface area contributed by atoms with Gasteiger partial charge in [-0.05, 0) is 51.7 Å². The molecule has 1 aromatic carbocycles. The summed E-state index contributed by atoms with van der Waals surface area (Å²) in [7, 11) is -1.81. The molecule has 1 aromatic rings. The van der Waals surface area contributed by atoms with Crippen molar-refractivity contribution in [3.05, 3.63) is 47.5 Å². The summed E-state index contributed by atoms with van der Waals surface area (Å²) in [6.07, 6.45) is 1.60. The minimum Gasteiger partial charge on any atom is -0.447 e. The normalized spacial score (nSPS) is 22.6. The number of benzene rings is 1. The van der Waals surface area contributed by atoms with E-state index < -0.39 is 48.6 Å². The van der Waals surface area contributed by atoms with Gasteiger partial charge < -0.3 is 25.0 Å². The van der Waals surface area contributed by atoms with E-state index in [-0.39, 0.29) is 31.6 Å². The third-order valence-electron chi connectivity index (χ3n) is 7.30. The molecule has 0 radical (unpaired) electrons. The molecule has 0 aliphatic carbocycles. The molecule has 12 heteroatoms. The lowest BCUT2D eigenvalue weighted by molar-refractivity contribution is -0.131. The molecule has 3 rings (SSSR count). The van der Waals surface area contributed by atoms with Crippen molar-refractivity contribution in [3.8, 4) is 6.07 Å². The van der Waals surface area contributed by atoms with Crippen LogP contribution in [0.25, 0.3) is 0 Å². The van der Waals surface area contributed by atoms with Crippen LogP contribution < -0.4 is 5.32 Å². The molecule has 2 fully saturated rings. The standard InChI is InChI=1S/C26H35BF2N4O5/c1-24(2,32-13-11-26(28,29)17-32)15-20(16-30)22(34)33-12-7-10-25(33,3)18-38-23(35)31-21(27(36)37)14-19-8-5-4-6-9-19/h4-6,8-9,15,21,36-37H,7,10-14,17-18H2,1-3H3,(H,31,35)/t21-,25?/m0/s1. The lowest BCUT2D eigenvalue weighted by Crippen LogP contribution is -2.52. The number of ether oxygens (including phenoxy) is 1. The molecule has 2 aliphatic rings.